The molecule has 150 valence electrons. The van der Waals surface area contributed by atoms with E-state index in [2.05, 4.69) is 37.7 Å². The molecule has 8 heteroatoms. The summed E-state index contributed by atoms with van der Waals surface area (Å²) >= 11 is 0. The summed E-state index contributed by atoms with van der Waals surface area (Å²) < 4.78 is 2.00. The van der Waals surface area contributed by atoms with Crippen LogP contribution in [0.5, 0.6) is 0 Å². The minimum atomic E-state index is -0.472. The first-order valence-corrected chi connectivity index (χ1v) is 9.66. The number of nitrogens with one attached hydrogen (secondary N) is 3. The molecule has 1 aromatic carbocycles. The average molecular weight is 391 g/mol. The van der Waals surface area contributed by atoms with Crippen LogP contribution in [-0.2, 0) is 18.4 Å². The van der Waals surface area contributed by atoms with Gasteiger partial charge in [0.15, 0.2) is 5.82 Å². The number of aryl methyl sites for hydroxylation is 1. The number of hydrogen-bond acceptors (Lipinski definition) is 5. The lowest BCUT2D eigenvalue weighted by molar-refractivity contribution is -0.122. The molecule has 0 aliphatic carbocycles. The van der Waals surface area contributed by atoms with E-state index in [1.54, 1.807) is 6.33 Å². The first-order valence-electron chi connectivity index (χ1n) is 9.66. The van der Waals surface area contributed by atoms with Crippen LogP contribution in [-0.4, -0.2) is 38.5 Å². The maximum absolute atomic E-state index is 11.9. The fourth-order valence-electron chi connectivity index (χ4n) is 3.48. The Morgan fingerprint density at radius 1 is 1.34 bits per heavy atom. The molecule has 0 aliphatic rings. The van der Waals surface area contributed by atoms with Crippen molar-refractivity contribution in [2.24, 2.45) is 12.8 Å². The van der Waals surface area contributed by atoms with Gasteiger partial charge in [0.05, 0.1) is 17.9 Å². The molecule has 1 amide bonds. The van der Waals surface area contributed by atoms with Crippen LogP contribution in [0, 0.1) is 0 Å². The molecule has 3 heterocycles. The minimum absolute atomic E-state index is 0.133. The Kier molecular flexibility index (Phi) is 4.94. The van der Waals surface area contributed by atoms with Crippen LogP contribution in [0.1, 0.15) is 18.9 Å². The Hall–Kier alpha value is -3.39. The van der Waals surface area contributed by atoms with Crippen molar-refractivity contribution < 1.29 is 4.79 Å². The number of benzene rings is 1. The average Bonchev–Trinajstić information content (AvgIpc) is 3.34. The number of pyridine rings is 1. The lowest BCUT2D eigenvalue weighted by atomic mass is 10.1. The number of nitrogens with two attached hydrogens (primary N) is 1. The van der Waals surface area contributed by atoms with Gasteiger partial charge in [-0.05, 0) is 29.7 Å². The van der Waals surface area contributed by atoms with E-state index in [-0.39, 0.29) is 5.91 Å². The van der Waals surface area contributed by atoms with Crippen LogP contribution >= 0.6 is 0 Å². The topological polar surface area (TPSA) is 114 Å². The molecule has 0 aliphatic heterocycles. The van der Waals surface area contributed by atoms with Gasteiger partial charge in [0.2, 0.25) is 5.91 Å². The minimum Gasteiger partial charge on any atom is -0.371 e. The smallest absolute Gasteiger partial charge is 0.237 e. The summed E-state index contributed by atoms with van der Waals surface area (Å²) in [6, 6.07) is 9.68. The van der Waals surface area contributed by atoms with Gasteiger partial charge in [0, 0.05) is 31.7 Å². The highest BCUT2D eigenvalue weighted by molar-refractivity contribution is 6.07. The molecule has 0 radical (unpaired) electrons. The van der Waals surface area contributed by atoms with Gasteiger partial charge in [-0.1, -0.05) is 25.1 Å². The number of rotatable bonds is 6. The number of carbonyl (C=O) groups excluding carboxylic acids is 1. The van der Waals surface area contributed by atoms with Crippen LogP contribution in [0.2, 0.25) is 0 Å². The fraction of sp³-hybridized carbons (Fsp3) is 0.286. The largest absolute Gasteiger partial charge is 0.371 e. The Morgan fingerprint density at radius 3 is 2.93 bits per heavy atom. The molecule has 4 rings (SSSR count). The predicted octanol–water partition coefficient (Wildman–Crippen LogP) is 2.51. The number of hydrogen-bond donors (Lipinski definition) is 4. The number of nitrogens with zero attached hydrogens (tertiary/aromatic N) is 3. The number of anilines is 1. The molecule has 5 N–H and O–H groups in total. The van der Waals surface area contributed by atoms with Crippen molar-refractivity contribution in [1.82, 2.24) is 24.8 Å². The lowest BCUT2D eigenvalue weighted by Crippen LogP contribution is -2.39. The van der Waals surface area contributed by atoms with Gasteiger partial charge < -0.3 is 25.9 Å². The SMILES string of the molecule is CC[C@H](N)C(=O)NCc1cccc(-c2cc3c(nc(NC)c4ncn(C)c43)[nH]2)c1. The van der Waals surface area contributed by atoms with Crippen molar-refractivity contribution in [2.75, 3.05) is 12.4 Å². The van der Waals surface area contributed by atoms with Crippen LogP contribution < -0.4 is 16.4 Å². The van der Waals surface area contributed by atoms with Crippen molar-refractivity contribution in [1.29, 1.82) is 0 Å². The molecule has 8 nitrogen and oxygen atoms in total. The molecule has 29 heavy (non-hydrogen) atoms. The van der Waals surface area contributed by atoms with Crippen molar-refractivity contribution in [3.63, 3.8) is 0 Å². The van der Waals surface area contributed by atoms with E-state index in [1.807, 2.05) is 43.8 Å². The maximum Gasteiger partial charge on any atom is 0.237 e. The zero-order valence-corrected chi connectivity index (χ0v) is 16.8. The zero-order chi connectivity index (χ0) is 20.5. The van der Waals surface area contributed by atoms with Crippen LogP contribution in [0.4, 0.5) is 5.82 Å². The summed E-state index contributed by atoms with van der Waals surface area (Å²) in [5.41, 5.74) is 11.4. The highest BCUT2D eigenvalue weighted by atomic mass is 16.2. The van der Waals surface area contributed by atoms with E-state index in [0.717, 1.165) is 44.7 Å². The van der Waals surface area contributed by atoms with Crippen molar-refractivity contribution in [2.45, 2.75) is 25.9 Å². The first kappa shape index (κ1) is 18.9. The van der Waals surface area contributed by atoms with Crippen LogP contribution in [0.25, 0.3) is 33.3 Å². The molecule has 4 aromatic rings. The highest BCUT2D eigenvalue weighted by Crippen LogP contribution is 2.31. The van der Waals surface area contributed by atoms with Gasteiger partial charge in [-0.3, -0.25) is 4.79 Å². The monoisotopic (exact) mass is 391 g/mol. The number of H-pyrrole nitrogens is 1. The van der Waals surface area contributed by atoms with E-state index in [1.165, 1.54) is 0 Å². The van der Waals surface area contributed by atoms with Gasteiger partial charge in [-0.2, -0.15) is 0 Å². The number of aromatic amines is 1. The molecule has 0 unspecified atom stereocenters. The summed E-state index contributed by atoms with van der Waals surface area (Å²) in [6.07, 6.45) is 2.41. The lowest BCUT2D eigenvalue weighted by Gasteiger charge is -2.10. The molecule has 0 saturated heterocycles. The number of fused-ring (bicyclic) bond motifs is 3. The summed E-state index contributed by atoms with van der Waals surface area (Å²) in [4.78, 5) is 24.5. The molecule has 0 saturated carbocycles. The molecule has 0 fully saturated rings. The van der Waals surface area contributed by atoms with Crippen LogP contribution in [0.3, 0.4) is 0 Å². The van der Waals surface area contributed by atoms with Crippen molar-refractivity contribution >= 4 is 33.8 Å². The third kappa shape index (κ3) is 3.42. The summed E-state index contributed by atoms with van der Waals surface area (Å²) in [5, 5.41) is 7.02. The van der Waals surface area contributed by atoms with Crippen molar-refractivity contribution in [3.05, 3.63) is 42.2 Å². The third-order valence-electron chi connectivity index (χ3n) is 5.16. The second kappa shape index (κ2) is 7.56. The Morgan fingerprint density at radius 2 is 2.17 bits per heavy atom. The van der Waals surface area contributed by atoms with E-state index in [0.29, 0.717) is 13.0 Å². The molecular weight excluding hydrogens is 366 g/mol. The number of amides is 1. The summed E-state index contributed by atoms with van der Waals surface area (Å²) in [5.74, 6) is 0.608. The van der Waals surface area contributed by atoms with Gasteiger partial charge in [-0.15, -0.1) is 0 Å². The second-order valence-electron chi connectivity index (χ2n) is 7.14. The molecule has 1 atom stereocenters. The summed E-state index contributed by atoms with van der Waals surface area (Å²) in [7, 11) is 3.82. The van der Waals surface area contributed by atoms with Gasteiger partial charge in [0.1, 0.15) is 11.2 Å². The highest BCUT2D eigenvalue weighted by Gasteiger charge is 2.15. The van der Waals surface area contributed by atoms with E-state index < -0.39 is 6.04 Å². The van der Waals surface area contributed by atoms with E-state index in [9.17, 15) is 4.79 Å². The second-order valence-corrected chi connectivity index (χ2v) is 7.14. The Balaban J connectivity index is 1.69. The summed E-state index contributed by atoms with van der Waals surface area (Å²) in [6.45, 7) is 2.34. The van der Waals surface area contributed by atoms with Gasteiger partial charge in [-0.25, -0.2) is 9.97 Å². The molecule has 0 bridgehead atoms. The van der Waals surface area contributed by atoms with Gasteiger partial charge in [0.25, 0.3) is 0 Å². The van der Waals surface area contributed by atoms with E-state index in [4.69, 9.17) is 5.73 Å². The fourth-order valence-corrected chi connectivity index (χ4v) is 3.48. The maximum atomic E-state index is 11.9. The van der Waals surface area contributed by atoms with Crippen molar-refractivity contribution in [3.8, 4) is 11.3 Å². The normalized spacial score (nSPS) is 12.4. The van der Waals surface area contributed by atoms with E-state index >= 15 is 0 Å². The zero-order valence-electron chi connectivity index (χ0n) is 16.8. The number of imidazole rings is 1. The first-order chi connectivity index (χ1) is 14.0. The Bertz CT molecular complexity index is 1190. The number of aromatic nitrogens is 4. The van der Waals surface area contributed by atoms with Gasteiger partial charge >= 0.3 is 0 Å². The van der Waals surface area contributed by atoms with Crippen LogP contribution in [0.15, 0.2) is 36.7 Å². The molecule has 3 aromatic heterocycles. The predicted molar refractivity (Wildman–Crippen MR) is 115 cm³/mol. The molecular formula is C21H25N7O. The standard InChI is InChI=1S/C21H25N7O/c1-4-15(22)21(29)24-10-12-6-5-7-13(8-12)16-9-14-18-17(25-11-28(18)3)20(23-2)27-19(14)26-16/h5-9,11,15H,4,10,22H2,1-3H3,(H,24,29)(H2,23,26,27)/t15-/m0/s1. The Labute approximate surface area is 168 Å². The quantitative estimate of drug-likeness (QED) is 0.403. The third-order valence-corrected chi connectivity index (χ3v) is 5.16. The molecule has 0 spiro atoms. The number of carbonyl (C=O) groups is 1.